The Morgan fingerprint density at radius 2 is 1.33 bits per heavy atom. The van der Waals surface area contributed by atoms with Crippen molar-refractivity contribution in [3.05, 3.63) is 35.9 Å². The number of carboxylic acid groups (broad SMARTS) is 2. The van der Waals surface area contributed by atoms with Gasteiger partial charge in [0.15, 0.2) is 0 Å². The molecule has 0 heterocycles. The van der Waals surface area contributed by atoms with Crippen LogP contribution in [0.2, 0.25) is 0 Å². The number of hydrogen-bond donors (Lipinski definition) is 11. The summed E-state index contributed by atoms with van der Waals surface area (Å²) in [5.41, 5.74) is 17.1. The molecule has 14 N–H and O–H groups in total. The number of carbonyl (C=O) groups excluding carboxylic acids is 7. The molecule has 0 aromatic heterocycles. The van der Waals surface area contributed by atoms with E-state index in [-0.39, 0.29) is 25.7 Å². The first kappa shape index (κ1) is 46.4. The average molecular weight is 764 g/mol. The van der Waals surface area contributed by atoms with Crippen LogP contribution in [0.1, 0.15) is 64.4 Å². The molecule has 0 spiro atoms. The van der Waals surface area contributed by atoms with Gasteiger partial charge in [-0.3, -0.25) is 38.4 Å². The smallest absolute Gasteiger partial charge is 0.326 e. The van der Waals surface area contributed by atoms with Gasteiger partial charge in [-0.15, -0.1) is 0 Å². The van der Waals surface area contributed by atoms with E-state index in [9.17, 15) is 53.4 Å². The van der Waals surface area contributed by atoms with Gasteiger partial charge in [-0.05, 0) is 37.3 Å². The fourth-order valence-electron chi connectivity index (χ4n) is 4.90. The average Bonchev–Trinajstić information content (AvgIpc) is 3.12. The van der Waals surface area contributed by atoms with Crippen molar-refractivity contribution in [1.82, 2.24) is 31.9 Å². The van der Waals surface area contributed by atoms with Gasteiger partial charge in [-0.1, -0.05) is 57.0 Å². The number of primary amides is 1. The van der Waals surface area contributed by atoms with E-state index in [0.29, 0.717) is 31.4 Å². The Hall–Kier alpha value is -5.63. The first-order valence-corrected chi connectivity index (χ1v) is 17.5. The molecule has 0 fully saturated rings. The SMILES string of the molecule is CC[C@H](C)[C@H](NC(=O)[C@H](CCC(N)=O)NC(=O)CNC(=O)CNC(=O)[C@H](Cc1ccccc1)NC(=O)[C@H](CC(=O)O)NC(=O)[C@@H](N)CCCCN)C(=O)O. The Morgan fingerprint density at radius 3 is 1.91 bits per heavy atom. The summed E-state index contributed by atoms with van der Waals surface area (Å²) >= 11 is 0. The van der Waals surface area contributed by atoms with Crippen LogP contribution in [0, 0.1) is 5.92 Å². The van der Waals surface area contributed by atoms with Gasteiger partial charge < -0.3 is 59.3 Å². The third-order valence-corrected chi connectivity index (χ3v) is 8.21. The highest BCUT2D eigenvalue weighted by Gasteiger charge is 2.31. The molecule has 0 saturated heterocycles. The number of nitrogens with two attached hydrogens (primary N) is 3. The lowest BCUT2D eigenvalue weighted by Gasteiger charge is -2.24. The highest BCUT2D eigenvalue weighted by molar-refractivity contribution is 5.96. The predicted molar refractivity (Wildman–Crippen MR) is 193 cm³/mol. The summed E-state index contributed by atoms with van der Waals surface area (Å²) in [4.78, 5) is 112. The van der Waals surface area contributed by atoms with E-state index in [0.717, 1.165) is 0 Å². The van der Waals surface area contributed by atoms with Gasteiger partial charge in [-0.2, -0.15) is 0 Å². The maximum absolute atomic E-state index is 13.3. The predicted octanol–water partition coefficient (Wildman–Crippen LogP) is -3.27. The minimum absolute atomic E-state index is 0.0939. The second-order valence-corrected chi connectivity index (χ2v) is 12.6. The van der Waals surface area contributed by atoms with Crippen LogP contribution in [0.4, 0.5) is 0 Å². The minimum Gasteiger partial charge on any atom is -0.481 e. The van der Waals surface area contributed by atoms with Crippen LogP contribution in [0.3, 0.4) is 0 Å². The molecule has 7 amide bonds. The molecule has 0 saturated carbocycles. The normalized spacial score (nSPS) is 14.1. The number of benzene rings is 1. The van der Waals surface area contributed by atoms with Crippen molar-refractivity contribution >= 4 is 53.3 Å². The number of aliphatic carboxylic acids is 2. The summed E-state index contributed by atoms with van der Waals surface area (Å²) in [7, 11) is 0. The fraction of sp³-hybridized carbons (Fsp3) is 0.559. The zero-order chi connectivity index (χ0) is 40.8. The maximum atomic E-state index is 13.3. The Morgan fingerprint density at radius 1 is 0.722 bits per heavy atom. The van der Waals surface area contributed by atoms with Crippen LogP contribution < -0.4 is 49.1 Å². The first-order chi connectivity index (χ1) is 25.5. The van der Waals surface area contributed by atoms with Gasteiger partial charge in [0.05, 0.1) is 25.6 Å². The summed E-state index contributed by atoms with van der Waals surface area (Å²) in [5, 5.41) is 32.9. The lowest BCUT2D eigenvalue weighted by atomic mass is 9.98. The van der Waals surface area contributed by atoms with Crippen molar-refractivity contribution in [2.75, 3.05) is 19.6 Å². The third-order valence-electron chi connectivity index (χ3n) is 8.21. The molecule has 0 aliphatic rings. The summed E-state index contributed by atoms with van der Waals surface area (Å²) in [5.74, 6) is -9.17. The van der Waals surface area contributed by atoms with Crippen LogP contribution >= 0.6 is 0 Å². The van der Waals surface area contributed by atoms with E-state index in [4.69, 9.17) is 17.2 Å². The zero-order valence-corrected chi connectivity index (χ0v) is 30.4. The van der Waals surface area contributed by atoms with Gasteiger partial charge in [0.25, 0.3) is 0 Å². The molecule has 0 aliphatic heterocycles. The van der Waals surface area contributed by atoms with Crippen molar-refractivity contribution < 1.29 is 53.4 Å². The summed E-state index contributed by atoms with van der Waals surface area (Å²) in [6.07, 6.45) is 0.316. The molecule has 1 aromatic rings. The topological polar surface area (TPSA) is 344 Å². The number of unbranched alkanes of at least 4 members (excludes halogenated alkanes) is 1. The Bertz CT molecular complexity index is 1460. The van der Waals surface area contributed by atoms with Gasteiger partial charge in [-0.25, -0.2) is 4.79 Å². The lowest BCUT2D eigenvalue weighted by Crippen LogP contribution is -2.57. The maximum Gasteiger partial charge on any atom is 0.326 e. The van der Waals surface area contributed by atoms with E-state index < -0.39 is 109 Å². The summed E-state index contributed by atoms with van der Waals surface area (Å²) in [6, 6.07) is 1.79. The summed E-state index contributed by atoms with van der Waals surface area (Å²) < 4.78 is 0. The van der Waals surface area contributed by atoms with Crippen molar-refractivity contribution in [1.29, 1.82) is 0 Å². The molecule has 300 valence electrons. The number of carbonyl (C=O) groups is 9. The molecular weight excluding hydrogens is 710 g/mol. The van der Waals surface area contributed by atoms with Gasteiger partial charge in [0, 0.05) is 12.8 Å². The van der Waals surface area contributed by atoms with Gasteiger partial charge >= 0.3 is 11.9 Å². The monoisotopic (exact) mass is 763 g/mol. The van der Waals surface area contributed by atoms with Crippen LogP contribution in [0.5, 0.6) is 0 Å². The van der Waals surface area contributed by atoms with Crippen LogP contribution in [-0.4, -0.2) is 113 Å². The van der Waals surface area contributed by atoms with Gasteiger partial charge in [0.1, 0.15) is 24.2 Å². The van der Waals surface area contributed by atoms with Crippen molar-refractivity contribution in [3.63, 3.8) is 0 Å². The highest BCUT2D eigenvalue weighted by Crippen LogP contribution is 2.10. The van der Waals surface area contributed by atoms with Crippen LogP contribution in [-0.2, 0) is 49.6 Å². The molecule has 0 aliphatic carbocycles. The lowest BCUT2D eigenvalue weighted by molar-refractivity contribution is -0.144. The fourth-order valence-corrected chi connectivity index (χ4v) is 4.90. The molecule has 0 unspecified atom stereocenters. The Labute approximate surface area is 312 Å². The van der Waals surface area contributed by atoms with Crippen molar-refractivity contribution in [2.45, 2.75) is 95.4 Å². The second-order valence-electron chi connectivity index (χ2n) is 12.6. The molecule has 0 radical (unpaired) electrons. The Balaban J connectivity index is 2.95. The van der Waals surface area contributed by atoms with Crippen LogP contribution in [0.25, 0.3) is 0 Å². The van der Waals surface area contributed by atoms with Crippen molar-refractivity contribution in [2.24, 2.45) is 23.1 Å². The van der Waals surface area contributed by atoms with Gasteiger partial charge in [0.2, 0.25) is 41.4 Å². The molecule has 20 heteroatoms. The number of amides is 7. The van der Waals surface area contributed by atoms with E-state index >= 15 is 0 Å². The third kappa shape index (κ3) is 18.2. The molecule has 6 atom stereocenters. The molecule has 54 heavy (non-hydrogen) atoms. The first-order valence-electron chi connectivity index (χ1n) is 17.5. The number of nitrogens with one attached hydrogen (secondary N) is 6. The van der Waals surface area contributed by atoms with E-state index in [2.05, 4.69) is 31.9 Å². The zero-order valence-electron chi connectivity index (χ0n) is 30.4. The number of rotatable bonds is 26. The quantitative estimate of drug-likeness (QED) is 0.0413. The molecule has 20 nitrogen and oxygen atoms in total. The minimum atomic E-state index is -1.60. The van der Waals surface area contributed by atoms with E-state index in [1.807, 2.05) is 0 Å². The molecule has 0 bridgehead atoms. The molecule has 1 rings (SSSR count). The number of carboxylic acids is 2. The van der Waals surface area contributed by atoms with E-state index in [1.165, 1.54) is 0 Å². The van der Waals surface area contributed by atoms with Crippen LogP contribution in [0.15, 0.2) is 30.3 Å². The Kier molecular flexibility index (Phi) is 21.1. The molecule has 1 aromatic carbocycles. The van der Waals surface area contributed by atoms with E-state index in [1.54, 1.807) is 44.2 Å². The van der Waals surface area contributed by atoms with Crippen molar-refractivity contribution in [3.8, 4) is 0 Å². The highest BCUT2D eigenvalue weighted by atomic mass is 16.4. The second kappa shape index (κ2) is 24.6. The number of hydrogen-bond acceptors (Lipinski definition) is 11. The largest absolute Gasteiger partial charge is 0.481 e. The standard InChI is InChI=1S/C34H53N9O11/c1-3-19(2)29(34(53)54)43-32(51)22(12-13-25(37)44)40-27(46)18-38-26(45)17-39-31(50)23(15-20-9-5-4-6-10-20)42-33(52)24(16-28(47)48)41-30(49)21(36)11-7-8-14-35/h4-6,9-10,19,21-24,29H,3,7-8,11-18,35-36H2,1-2H3,(H2,37,44)(H,38,45)(H,39,50)(H,40,46)(H,41,49)(H,42,52)(H,43,51)(H,47,48)(H,53,54)/t19-,21-,22-,23-,24-,29-/m0/s1. The molecular formula is C34H53N9O11. The summed E-state index contributed by atoms with van der Waals surface area (Å²) in [6.45, 7) is 2.37.